The Morgan fingerprint density at radius 2 is 2.10 bits per heavy atom. The number of hydrogen-bond acceptors (Lipinski definition) is 3. The lowest BCUT2D eigenvalue weighted by molar-refractivity contribution is -0.120. The van der Waals surface area contributed by atoms with Crippen LogP contribution in [0.15, 0.2) is 42.7 Å². The third kappa shape index (κ3) is 3.49. The van der Waals surface area contributed by atoms with Crippen LogP contribution in [0, 0.1) is 5.92 Å². The third-order valence-corrected chi connectivity index (χ3v) is 3.88. The van der Waals surface area contributed by atoms with Gasteiger partial charge in [-0.15, -0.1) is 0 Å². The molecule has 1 aliphatic rings. The Labute approximate surface area is 124 Å². The molecule has 0 aliphatic carbocycles. The fourth-order valence-electron chi connectivity index (χ4n) is 2.67. The number of amides is 1. The van der Waals surface area contributed by atoms with Crippen molar-refractivity contribution in [2.75, 3.05) is 18.4 Å². The molecule has 0 saturated carbocycles. The number of carbonyl (C=O) groups is 1. The first-order valence-corrected chi connectivity index (χ1v) is 7.40. The van der Waals surface area contributed by atoms with E-state index in [4.69, 9.17) is 0 Å². The molecule has 1 aromatic carbocycles. The number of rotatable bonds is 4. The molecule has 1 amide bonds. The number of carbonyl (C=O) groups excluding carboxylic acids is 1. The lowest BCUT2D eigenvalue weighted by atomic mass is 9.97. The summed E-state index contributed by atoms with van der Waals surface area (Å²) in [5, 5.41) is 10.6. The van der Waals surface area contributed by atoms with Gasteiger partial charge in [0.2, 0.25) is 5.91 Å². The molecule has 0 spiro atoms. The third-order valence-electron chi connectivity index (χ3n) is 3.88. The maximum Gasteiger partial charge on any atom is 0.227 e. The van der Waals surface area contributed by atoms with Crippen molar-refractivity contribution >= 4 is 11.6 Å². The highest BCUT2D eigenvalue weighted by molar-refractivity contribution is 5.93. The molecule has 5 heteroatoms. The number of benzene rings is 1. The highest BCUT2D eigenvalue weighted by Crippen LogP contribution is 2.19. The van der Waals surface area contributed by atoms with Gasteiger partial charge >= 0.3 is 0 Å². The van der Waals surface area contributed by atoms with E-state index in [2.05, 4.69) is 15.7 Å². The summed E-state index contributed by atoms with van der Waals surface area (Å²) < 4.78 is 1.86. The van der Waals surface area contributed by atoms with Crippen molar-refractivity contribution in [3.05, 3.63) is 48.3 Å². The van der Waals surface area contributed by atoms with Gasteiger partial charge in [-0.05, 0) is 43.6 Å². The lowest BCUT2D eigenvalue weighted by Crippen LogP contribution is -2.34. The standard InChI is InChI=1S/C16H20N4O/c21-16(13-6-9-17-10-7-13)19-15-5-2-1-4-14(15)12-20-11-3-8-18-20/h1-5,8,11,13,17H,6-7,9-10,12H2,(H,19,21). The van der Waals surface area contributed by atoms with Crippen LogP contribution >= 0.6 is 0 Å². The molecule has 0 bridgehead atoms. The van der Waals surface area contributed by atoms with Crippen LogP contribution in [0.25, 0.3) is 0 Å². The maximum absolute atomic E-state index is 12.4. The van der Waals surface area contributed by atoms with Crippen LogP contribution in [0.3, 0.4) is 0 Å². The highest BCUT2D eigenvalue weighted by Gasteiger charge is 2.21. The van der Waals surface area contributed by atoms with E-state index < -0.39 is 0 Å². The SMILES string of the molecule is O=C(Nc1ccccc1Cn1cccn1)C1CCNCC1. The minimum atomic E-state index is 0.115. The average molecular weight is 284 g/mol. The van der Waals surface area contributed by atoms with Crippen LogP contribution in [-0.2, 0) is 11.3 Å². The smallest absolute Gasteiger partial charge is 0.227 e. The number of hydrogen-bond donors (Lipinski definition) is 2. The molecule has 3 rings (SSSR count). The van der Waals surface area contributed by atoms with E-state index in [1.807, 2.05) is 41.2 Å². The van der Waals surface area contributed by atoms with Gasteiger partial charge in [-0.2, -0.15) is 5.10 Å². The first kappa shape index (κ1) is 13.8. The van der Waals surface area contributed by atoms with Gasteiger partial charge in [-0.1, -0.05) is 18.2 Å². The largest absolute Gasteiger partial charge is 0.326 e. The van der Waals surface area contributed by atoms with Crippen molar-refractivity contribution < 1.29 is 4.79 Å². The summed E-state index contributed by atoms with van der Waals surface area (Å²) in [6, 6.07) is 9.82. The second-order valence-electron chi connectivity index (χ2n) is 5.37. The normalized spacial score (nSPS) is 15.8. The Hall–Kier alpha value is -2.14. The Bertz CT molecular complexity index is 588. The molecular weight excluding hydrogens is 264 g/mol. The van der Waals surface area contributed by atoms with E-state index in [9.17, 15) is 4.79 Å². The summed E-state index contributed by atoms with van der Waals surface area (Å²) in [5.41, 5.74) is 1.96. The summed E-state index contributed by atoms with van der Waals surface area (Å²) in [6.45, 7) is 2.51. The number of piperidine rings is 1. The second kappa shape index (κ2) is 6.54. The Morgan fingerprint density at radius 1 is 1.29 bits per heavy atom. The molecule has 1 aliphatic heterocycles. The molecule has 0 unspecified atom stereocenters. The van der Waals surface area contributed by atoms with E-state index >= 15 is 0 Å². The molecule has 0 atom stereocenters. The van der Waals surface area contributed by atoms with Crippen molar-refractivity contribution in [3.8, 4) is 0 Å². The number of nitrogens with zero attached hydrogens (tertiary/aromatic N) is 2. The van der Waals surface area contributed by atoms with Gasteiger partial charge in [0, 0.05) is 24.0 Å². The lowest BCUT2D eigenvalue weighted by Gasteiger charge is -2.22. The monoisotopic (exact) mass is 284 g/mol. The van der Waals surface area contributed by atoms with Gasteiger partial charge < -0.3 is 10.6 Å². The van der Waals surface area contributed by atoms with Gasteiger partial charge in [0.15, 0.2) is 0 Å². The molecule has 2 heterocycles. The van der Waals surface area contributed by atoms with Crippen molar-refractivity contribution in [3.63, 3.8) is 0 Å². The van der Waals surface area contributed by atoms with Crippen LogP contribution in [0.4, 0.5) is 5.69 Å². The second-order valence-corrected chi connectivity index (χ2v) is 5.37. The minimum Gasteiger partial charge on any atom is -0.326 e. The van der Waals surface area contributed by atoms with Gasteiger partial charge in [-0.3, -0.25) is 9.48 Å². The van der Waals surface area contributed by atoms with Gasteiger partial charge in [0.05, 0.1) is 6.54 Å². The van der Waals surface area contributed by atoms with E-state index in [-0.39, 0.29) is 11.8 Å². The molecule has 110 valence electrons. The molecule has 2 N–H and O–H groups in total. The van der Waals surface area contributed by atoms with Crippen molar-refractivity contribution in [2.24, 2.45) is 5.92 Å². The van der Waals surface area contributed by atoms with Crippen LogP contribution in [0.1, 0.15) is 18.4 Å². The van der Waals surface area contributed by atoms with Crippen molar-refractivity contribution in [1.82, 2.24) is 15.1 Å². The summed E-state index contributed by atoms with van der Waals surface area (Å²) in [7, 11) is 0. The number of para-hydroxylation sites is 1. The first-order chi connectivity index (χ1) is 10.3. The predicted molar refractivity (Wildman–Crippen MR) is 82.0 cm³/mol. The van der Waals surface area contributed by atoms with E-state index in [1.165, 1.54) is 0 Å². The molecule has 1 fully saturated rings. The zero-order valence-electron chi connectivity index (χ0n) is 12.0. The average Bonchev–Trinajstić information content (AvgIpc) is 3.03. The molecule has 1 aromatic heterocycles. The summed E-state index contributed by atoms with van der Waals surface area (Å²) in [4.78, 5) is 12.4. The fraction of sp³-hybridized carbons (Fsp3) is 0.375. The summed E-state index contributed by atoms with van der Waals surface area (Å²) >= 11 is 0. The Morgan fingerprint density at radius 3 is 2.86 bits per heavy atom. The van der Waals surface area contributed by atoms with E-state index in [0.29, 0.717) is 6.54 Å². The molecule has 5 nitrogen and oxygen atoms in total. The van der Waals surface area contributed by atoms with Crippen LogP contribution in [0.5, 0.6) is 0 Å². The van der Waals surface area contributed by atoms with Crippen molar-refractivity contribution in [2.45, 2.75) is 19.4 Å². The number of anilines is 1. The summed E-state index contributed by atoms with van der Waals surface area (Å²) in [5.74, 6) is 0.244. The highest BCUT2D eigenvalue weighted by atomic mass is 16.1. The number of aromatic nitrogens is 2. The van der Waals surface area contributed by atoms with Gasteiger partial charge in [0.25, 0.3) is 0 Å². The maximum atomic E-state index is 12.4. The molecule has 21 heavy (non-hydrogen) atoms. The van der Waals surface area contributed by atoms with E-state index in [0.717, 1.165) is 37.2 Å². The first-order valence-electron chi connectivity index (χ1n) is 7.40. The minimum absolute atomic E-state index is 0.115. The quantitative estimate of drug-likeness (QED) is 0.901. The molecule has 0 radical (unpaired) electrons. The van der Waals surface area contributed by atoms with Gasteiger partial charge in [0.1, 0.15) is 0 Å². The zero-order chi connectivity index (χ0) is 14.5. The van der Waals surface area contributed by atoms with E-state index in [1.54, 1.807) is 6.20 Å². The summed E-state index contributed by atoms with van der Waals surface area (Å²) in [6.07, 6.45) is 5.50. The predicted octanol–water partition coefficient (Wildman–Crippen LogP) is 1.87. The van der Waals surface area contributed by atoms with Gasteiger partial charge in [-0.25, -0.2) is 0 Å². The van der Waals surface area contributed by atoms with Crippen LogP contribution in [0.2, 0.25) is 0 Å². The fourth-order valence-corrected chi connectivity index (χ4v) is 2.67. The number of nitrogens with one attached hydrogen (secondary N) is 2. The van der Waals surface area contributed by atoms with Crippen LogP contribution < -0.4 is 10.6 Å². The van der Waals surface area contributed by atoms with Crippen LogP contribution in [-0.4, -0.2) is 28.8 Å². The Balaban J connectivity index is 1.71. The topological polar surface area (TPSA) is 59.0 Å². The molecular formula is C16H20N4O. The Kier molecular flexibility index (Phi) is 4.31. The molecule has 1 saturated heterocycles. The zero-order valence-corrected chi connectivity index (χ0v) is 12.0. The van der Waals surface area contributed by atoms with Crippen molar-refractivity contribution in [1.29, 1.82) is 0 Å². The molecule has 2 aromatic rings.